The molecule has 0 atom stereocenters. The highest BCUT2D eigenvalue weighted by Gasteiger charge is 2.30. The summed E-state index contributed by atoms with van der Waals surface area (Å²) in [5, 5.41) is 0. The van der Waals surface area contributed by atoms with Crippen LogP contribution >= 0.6 is 0 Å². The highest BCUT2D eigenvalue weighted by Crippen LogP contribution is 2.32. The molecule has 100 valence electrons. The average molecular weight is 260 g/mol. The lowest BCUT2D eigenvalue weighted by Gasteiger charge is -2.32. The van der Waals surface area contributed by atoms with Crippen molar-refractivity contribution in [2.45, 2.75) is 33.3 Å². The van der Waals surface area contributed by atoms with E-state index in [1.54, 1.807) is 0 Å². The van der Waals surface area contributed by atoms with Crippen molar-refractivity contribution in [1.82, 2.24) is 4.98 Å². The monoisotopic (exact) mass is 260 g/mol. The predicted octanol–water partition coefficient (Wildman–Crippen LogP) is 1.32. The molecule has 0 bridgehead atoms. The molecule has 0 saturated carbocycles. The van der Waals surface area contributed by atoms with Crippen molar-refractivity contribution in [2.75, 3.05) is 18.1 Å². The fourth-order valence-electron chi connectivity index (χ4n) is 1.85. The maximum absolute atomic E-state index is 12.2. The van der Waals surface area contributed by atoms with E-state index in [1.807, 2.05) is 27.7 Å². The summed E-state index contributed by atoms with van der Waals surface area (Å²) in [6.07, 6.45) is 1.12. The molecule has 19 heavy (non-hydrogen) atoms. The van der Waals surface area contributed by atoms with E-state index >= 15 is 0 Å². The van der Waals surface area contributed by atoms with Gasteiger partial charge in [-0.05, 0) is 33.3 Å². The van der Waals surface area contributed by atoms with Gasteiger partial charge in [0, 0.05) is 6.20 Å². The fourth-order valence-corrected chi connectivity index (χ4v) is 1.85. The average Bonchev–Trinajstić information content (AvgIpc) is 2.31. The van der Waals surface area contributed by atoms with Gasteiger partial charge < -0.3 is 9.47 Å². The first-order chi connectivity index (χ1) is 8.79. The Bertz CT molecular complexity index is 511. The Hall–Kier alpha value is -1.72. The van der Waals surface area contributed by atoms with E-state index in [2.05, 4.69) is 4.98 Å². The first-order valence-electron chi connectivity index (χ1n) is 6.18. The molecule has 1 aromatic rings. The number of rotatable bonds is 0. The maximum Gasteiger partial charge on any atom is 0.415 e. The molecule has 0 spiro atoms. The summed E-state index contributed by atoms with van der Waals surface area (Å²) in [4.78, 5) is 17.9. The molecule has 0 unspecified atom stereocenters. The van der Waals surface area contributed by atoms with E-state index in [0.717, 1.165) is 5.56 Å². The lowest BCUT2D eigenvalue weighted by Crippen LogP contribution is -2.42. The van der Waals surface area contributed by atoms with Gasteiger partial charge >= 0.3 is 6.09 Å². The topological polar surface area (TPSA) is 51.7 Å². The summed E-state index contributed by atoms with van der Waals surface area (Å²) in [7, 11) is 5.84. The van der Waals surface area contributed by atoms with Crippen molar-refractivity contribution in [1.29, 1.82) is 0 Å². The van der Waals surface area contributed by atoms with Gasteiger partial charge in [0.25, 0.3) is 0 Å². The van der Waals surface area contributed by atoms with E-state index in [1.165, 1.54) is 11.1 Å². The summed E-state index contributed by atoms with van der Waals surface area (Å²) >= 11 is 0. The van der Waals surface area contributed by atoms with E-state index in [0.29, 0.717) is 30.2 Å². The van der Waals surface area contributed by atoms with Crippen LogP contribution in [0.3, 0.4) is 0 Å². The number of hydrogen-bond donors (Lipinski definition) is 0. The number of pyridine rings is 1. The molecular formula is C13H17BN2O3. The van der Waals surface area contributed by atoms with E-state index in [9.17, 15) is 4.79 Å². The molecule has 1 aliphatic heterocycles. The zero-order valence-corrected chi connectivity index (χ0v) is 11.7. The second-order valence-corrected chi connectivity index (χ2v) is 5.47. The van der Waals surface area contributed by atoms with Crippen LogP contribution in [0.4, 0.5) is 10.5 Å². The minimum Gasteiger partial charge on any atom is -0.474 e. The molecule has 0 aromatic carbocycles. The van der Waals surface area contributed by atoms with Crippen LogP contribution < -0.4 is 15.1 Å². The van der Waals surface area contributed by atoms with E-state index < -0.39 is 11.7 Å². The molecule has 1 aromatic heterocycles. The smallest absolute Gasteiger partial charge is 0.415 e. The number of carbonyl (C=O) groups excluding carboxylic acids is 1. The van der Waals surface area contributed by atoms with Crippen LogP contribution in [0.5, 0.6) is 5.88 Å². The fraction of sp³-hybridized carbons (Fsp3) is 0.538. The highest BCUT2D eigenvalue weighted by atomic mass is 16.6. The second kappa shape index (κ2) is 4.76. The quantitative estimate of drug-likeness (QED) is 0.660. The minimum atomic E-state index is -0.544. The minimum absolute atomic E-state index is 0.391. The molecule has 6 heteroatoms. The Balaban J connectivity index is 2.37. The number of aromatic nitrogens is 1. The lowest BCUT2D eigenvalue weighted by molar-refractivity contribution is 0.0566. The molecule has 0 fully saturated rings. The zero-order chi connectivity index (χ0) is 14.2. The maximum atomic E-state index is 12.2. The highest BCUT2D eigenvalue weighted by molar-refractivity contribution is 6.33. The van der Waals surface area contributed by atoms with E-state index in [-0.39, 0.29) is 0 Å². The molecule has 0 saturated heterocycles. The third kappa shape index (κ3) is 2.83. The Kier molecular flexibility index (Phi) is 3.43. The van der Waals surface area contributed by atoms with E-state index in [4.69, 9.17) is 17.3 Å². The third-order valence-corrected chi connectivity index (χ3v) is 2.75. The van der Waals surface area contributed by atoms with Gasteiger partial charge in [-0.1, -0.05) is 5.46 Å². The van der Waals surface area contributed by atoms with Crippen LogP contribution in [0.2, 0.25) is 0 Å². The van der Waals surface area contributed by atoms with Gasteiger partial charge in [-0.2, -0.15) is 0 Å². The van der Waals surface area contributed by atoms with Crippen molar-refractivity contribution >= 4 is 25.1 Å². The second-order valence-electron chi connectivity index (χ2n) is 5.47. The van der Waals surface area contributed by atoms with Gasteiger partial charge in [-0.3, -0.25) is 4.90 Å². The first-order valence-corrected chi connectivity index (χ1v) is 6.18. The third-order valence-electron chi connectivity index (χ3n) is 2.75. The van der Waals surface area contributed by atoms with Crippen molar-refractivity contribution in [3.8, 4) is 5.88 Å². The molecular weight excluding hydrogens is 243 g/mol. The number of fused-ring (bicyclic) bond motifs is 1. The van der Waals surface area contributed by atoms with Gasteiger partial charge in [0.2, 0.25) is 5.88 Å². The first kappa shape index (κ1) is 13.7. The van der Waals surface area contributed by atoms with Gasteiger partial charge in [-0.15, -0.1) is 0 Å². The van der Waals surface area contributed by atoms with Crippen LogP contribution in [0.1, 0.15) is 26.3 Å². The van der Waals surface area contributed by atoms with Crippen LogP contribution in [0.15, 0.2) is 6.20 Å². The van der Waals surface area contributed by atoms with Gasteiger partial charge in [0.15, 0.2) is 0 Å². The normalized spacial score (nSPS) is 14.6. The Morgan fingerprint density at radius 3 is 2.84 bits per heavy atom. The lowest BCUT2D eigenvalue weighted by atomic mass is 9.92. The molecule has 1 aliphatic rings. The van der Waals surface area contributed by atoms with Gasteiger partial charge in [-0.25, -0.2) is 9.78 Å². The summed E-state index contributed by atoms with van der Waals surface area (Å²) in [6, 6.07) is 0. The van der Waals surface area contributed by atoms with Crippen molar-refractivity contribution < 1.29 is 14.3 Å². The van der Waals surface area contributed by atoms with Crippen molar-refractivity contribution in [3.63, 3.8) is 0 Å². The Morgan fingerprint density at radius 1 is 1.53 bits per heavy atom. The summed E-state index contributed by atoms with van der Waals surface area (Å²) in [6.45, 7) is 8.14. The summed E-state index contributed by atoms with van der Waals surface area (Å²) < 4.78 is 10.8. The molecule has 0 N–H and O–H groups in total. The van der Waals surface area contributed by atoms with Crippen LogP contribution in [0.25, 0.3) is 0 Å². The molecule has 2 heterocycles. The summed E-state index contributed by atoms with van der Waals surface area (Å²) in [5.41, 5.74) is 1.35. The van der Waals surface area contributed by atoms with Crippen LogP contribution in [0, 0.1) is 6.92 Å². The molecule has 5 nitrogen and oxygen atoms in total. The number of amides is 1. The largest absolute Gasteiger partial charge is 0.474 e. The Morgan fingerprint density at radius 2 is 2.21 bits per heavy atom. The molecule has 2 rings (SSSR count). The number of anilines is 1. The van der Waals surface area contributed by atoms with Crippen LogP contribution in [-0.2, 0) is 4.74 Å². The van der Waals surface area contributed by atoms with Crippen molar-refractivity contribution in [3.05, 3.63) is 11.8 Å². The number of nitrogens with zero attached hydrogens (tertiary/aromatic N) is 2. The number of hydrogen-bond acceptors (Lipinski definition) is 4. The molecule has 0 aliphatic carbocycles. The van der Waals surface area contributed by atoms with Crippen LogP contribution in [-0.4, -0.2) is 37.7 Å². The number of ether oxygens (including phenoxy) is 2. The Labute approximate surface area is 114 Å². The molecule has 2 radical (unpaired) electrons. The number of carbonyl (C=O) groups is 1. The summed E-state index contributed by atoms with van der Waals surface area (Å²) in [5.74, 6) is 0.420. The predicted molar refractivity (Wildman–Crippen MR) is 73.4 cm³/mol. The SMILES string of the molecule is [B]c1cnc2c(c1C)N(C(=O)OC(C)(C)C)CCO2. The van der Waals surface area contributed by atoms with Crippen molar-refractivity contribution in [2.24, 2.45) is 0 Å². The van der Waals surface area contributed by atoms with Gasteiger partial charge in [0.1, 0.15) is 25.7 Å². The zero-order valence-electron chi connectivity index (χ0n) is 11.7. The standard InChI is InChI=1S/C13H17BN2O3/c1-8-9(14)7-15-11-10(8)16(5-6-18-11)12(17)19-13(2,3)4/h7H,5-6H2,1-4H3. The molecule has 1 amide bonds. The van der Waals surface area contributed by atoms with Gasteiger partial charge in [0.05, 0.1) is 6.54 Å².